The van der Waals surface area contributed by atoms with Crippen LogP contribution in [0.1, 0.15) is 23.7 Å². The summed E-state index contributed by atoms with van der Waals surface area (Å²) in [5.41, 5.74) is 5.30. The third-order valence-corrected chi connectivity index (χ3v) is 5.34. The van der Waals surface area contributed by atoms with E-state index in [1.165, 1.54) is 11.1 Å². The first-order valence-corrected chi connectivity index (χ1v) is 9.81. The van der Waals surface area contributed by atoms with Gasteiger partial charge in [-0.25, -0.2) is 15.5 Å². The molecule has 2 aromatic heterocycles. The van der Waals surface area contributed by atoms with E-state index in [1.807, 2.05) is 43.6 Å². The average Bonchev–Trinajstić information content (AvgIpc) is 3.14. The Hall–Kier alpha value is -2.51. The van der Waals surface area contributed by atoms with Crippen LogP contribution in [0.5, 0.6) is 5.88 Å². The molecule has 3 rings (SSSR count). The summed E-state index contributed by atoms with van der Waals surface area (Å²) >= 11 is 1.68. The van der Waals surface area contributed by atoms with Crippen LogP contribution in [-0.2, 0) is 12.2 Å². The largest absolute Gasteiger partial charge is 0.479 e. The molecular formula is C20H25N5OS. The van der Waals surface area contributed by atoms with Gasteiger partial charge in [-0.1, -0.05) is 30.8 Å². The first-order valence-electron chi connectivity index (χ1n) is 8.83. The summed E-state index contributed by atoms with van der Waals surface area (Å²) in [7, 11) is 3.49. The molecule has 1 aromatic carbocycles. The van der Waals surface area contributed by atoms with Crippen molar-refractivity contribution in [2.75, 3.05) is 19.2 Å². The number of nitrogens with two attached hydrogens (primary N) is 1. The van der Waals surface area contributed by atoms with Gasteiger partial charge in [0.15, 0.2) is 0 Å². The van der Waals surface area contributed by atoms with Gasteiger partial charge in [0.1, 0.15) is 10.7 Å². The molecule has 0 saturated heterocycles. The van der Waals surface area contributed by atoms with Gasteiger partial charge in [0.2, 0.25) is 5.88 Å². The van der Waals surface area contributed by atoms with Gasteiger partial charge < -0.3 is 9.75 Å². The molecule has 7 heteroatoms. The lowest BCUT2D eigenvalue weighted by Gasteiger charge is -2.18. The summed E-state index contributed by atoms with van der Waals surface area (Å²) in [6.07, 6.45) is 2.80. The minimum absolute atomic E-state index is 0.583. The monoisotopic (exact) mass is 383 g/mol. The zero-order chi connectivity index (χ0) is 19.4. The molecule has 3 aromatic rings. The van der Waals surface area contributed by atoms with Crippen LogP contribution in [-0.4, -0.2) is 28.9 Å². The van der Waals surface area contributed by atoms with Crippen LogP contribution in [0.3, 0.4) is 0 Å². The number of nitrogens with zero attached hydrogens (tertiary/aromatic N) is 4. The third-order valence-electron chi connectivity index (χ3n) is 4.39. The summed E-state index contributed by atoms with van der Waals surface area (Å²) in [5.74, 6) is 7.35. The number of hydrogen-bond donors (Lipinski definition) is 1. The van der Waals surface area contributed by atoms with Gasteiger partial charge in [0, 0.05) is 24.7 Å². The normalized spacial score (nSPS) is 10.9. The fraction of sp³-hybridized carbons (Fsp3) is 0.300. The van der Waals surface area contributed by atoms with E-state index >= 15 is 0 Å². The lowest BCUT2D eigenvalue weighted by Crippen LogP contribution is -2.26. The van der Waals surface area contributed by atoms with E-state index in [1.54, 1.807) is 28.6 Å². The quantitative estimate of drug-likeness (QED) is 0.381. The van der Waals surface area contributed by atoms with Gasteiger partial charge in [0.25, 0.3) is 0 Å². The first kappa shape index (κ1) is 19.3. The second-order valence-corrected chi connectivity index (χ2v) is 7.25. The van der Waals surface area contributed by atoms with E-state index < -0.39 is 0 Å². The Bertz CT molecular complexity index is 922. The number of rotatable bonds is 7. The maximum absolute atomic E-state index is 5.97. The molecule has 0 aliphatic rings. The number of pyridine rings is 1. The summed E-state index contributed by atoms with van der Waals surface area (Å²) in [6.45, 7) is 4.18. The van der Waals surface area contributed by atoms with Gasteiger partial charge >= 0.3 is 0 Å². The Morgan fingerprint density at radius 2 is 2.04 bits per heavy atom. The Labute approximate surface area is 164 Å². The highest BCUT2D eigenvalue weighted by molar-refractivity contribution is 7.98. The minimum atomic E-state index is 0.583. The minimum Gasteiger partial charge on any atom is -0.479 e. The molecule has 0 fully saturated rings. The van der Waals surface area contributed by atoms with Crippen molar-refractivity contribution in [3.8, 4) is 11.6 Å². The summed E-state index contributed by atoms with van der Waals surface area (Å²) in [4.78, 5) is 4.52. The fourth-order valence-electron chi connectivity index (χ4n) is 2.86. The molecule has 0 unspecified atom stereocenters. The summed E-state index contributed by atoms with van der Waals surface area (Å²) in [5, 5.41) is 7.27. The second kappa shape index (κ2) is 8.45. The molecule has 2 N–H and O–H groups in total. The Kier molecular flexibility index (Phi) is 6.03. The van der Waals surface area contributed by atoms with Crippen molar-refractivity contribution in [3.05, 3.63) is 59.4 Å². The van der Waals surface area contributed by atoms with Crippen molar-refractivity contribution in [3.63, 3.8) is 0 Å². The molecular weight excluding hydrogens is 358 g/mol. The number of ether oxygens (including phenoxy) is 1. The Morgan fingerprint density at radius 3 is 2.74 bits per heavy atom. The van der Waals surface area contributed by atoms with Crippen LogP contribution in [0.4, 0.5) is 5.69 Å². The summed E-state index contributed by atoms with van der Waals surface area (Å²) in [6, 6.07) is 12.2. The number of anilines is 1. The third kappa shape index (κ3) is 4.26. The molecule has 142 valence electrons. The number of thioether (sulfide) groups is 1. The van der Waals surface area contributed by atoms with Crippen LogP contribution in [0.25, 0.3) is 5.69 Å². The molecule has 0 amide bonds. The van der Waals surface area contributed by atoms with Crippen molar-refractivity contribution in [1.82, 2.24) is 14.8 Å². The number of aryl methyl sites for hydroxylation is 2. The predicted octanol–water partition coefficient (Wildman–Crippen LogP) is 3.75. The number of hydrogen-bond acceptors (Lipinski definition) is 6. The summed E-state index contributed by atoms with van der Waals surface area (Å²) < 4.78 is 7.25. The molecule has 6 nitrogen and oxygen atoms in total. The average molecular weight is 384 g/mol. The lowest BCUT2D eigenvalue weighted by molar-refractivity contribution is 0.393. The zero-order valence-corrected chi connectivity index (χ0v) is 17.0. The number of benzene rings is 1. The maximum atomic E-state index is 5.97. The SMILES string of the molecule is CCc1ccc(-n2ccc(SCc3c(C)cccc3N(C)N)n2)c(OC)n1. The van der Waals surface area contributed by atoms with Crippen molar-refractivity contribution in [2.24, 2.45) is 5.84 Å². The molecule has 27 heavy (non-hydrogen) atoms. The molecule has 0 atom stereocenters. The predicted molar refractivity (Wildman–Crippen MR) is 111 cm³/mol. The lowest BCUT2D eigenvalue weighted by atomic mass is 10.1. The smallest absolute Gasteiger partial charge is 0.239 e. The van der Waals surface area contributed by atoms with Crippen molar-refractivity contribution in [1.29, 1.82) is 0 Å². The Morgan fingerprint density at radius 1 is 1.22 bits per heavy atom. The topological polar surface area (TPSA) is 69.2 Å². The van der Waals surface area contributed by atoms with Crippen molar-refractivity contribution < 1.29 is 4.74 Å². The Balaban J connectivity index is 1.80. The van der Waals surface area contributed by atoms with Crippen LogP contribution < -0.4 is 15.6 Å². The molecule has 2 heterocycles. The molecule has 0 aliphatic carbocycles. The first-order chi connectivity index (χ1) is 13.0. The van der Waals surface area contributed by atoms with Crippen molar-refractivity contribution >= 4 is 17.4 Å². The maximum Gasteiger partial charge on any atom is 0.239 e. The standard InChI is InChI=1S/C20H25N5OS/c1-5-15-9-10-18(20(22-15)26-4)25-12-11-19(23-25)27-13-16-14(2)7-6-8-17(16)24(3)21/h6-12H,5,13,21H2,1-4H3. The number of hydrazine groups is 1. The van der Waals surface area contributed by atoms with Gasteiger partial charge in [-0.3, -0.25) is 0 Å². The van der Waals surface area contributed by atoms with Gasteiger partial charge in [-0.2, -0.15) is 5.10 Å². The van der Waals surface area contributed by atoms with E-state index in [0.29, 0.717) is 5.88 Å². The van der Waals surface area contributed by atoms with E-state index in [4.69, 9.17) is 10.6 Å². The van der Waals surface area contributed by atoms with E-state index in [9.17, 15) is 0 Å². The second-order valence-electron chi connectivity index (χ2n) is 6.26. The molecule has 0 saturated carbocycles. The van der Waals surface area contributed by atoms with E-state index in [0.717, 1.165) is 34.3 Å². The van der Waals surface area contributed by atoms with Crippen LogP contribution >= 0.6 is 11.8 Å². The van der Waals surface area contributed by atoms with Crippen LogP contribution in [0.2, 0.25) is 0 Å². The molecule has 0 aliphatic heterocycles. The highest BCUT2D eigenvalue weighted by Gasteiger charge is 2.12. The van der Waals surface area contributed by atoms with Crippen molar-refractivity contribution in [2.45, 2.75) is 31.0 Å². The van der Waals surface area contributed by atoms with Gasteiger partial charge in [0.05, 0.1) is 12.8 Å². The molecule has 0 radical (unpaired) electrons. The van der Waals surface area contributed by atoms with Crippen LogP contribution in [0.15, 0.2) is 47.6 Å². The molecule has 0 spiro atoms. The van der Waals surface area contributed by atoms with Crippen LogP contribution in [0, 0.1) is 6.92 Å². The highest BCUT2D eigenvalue weighted by Crippen LogP contribution is 2.30. The highest BCUT2D eigenvalue weighted by atomic mass is 32.2. The van der Waals surface area contributed by atoms with Gasteiger partial charge in [-0.15, -0.1) is 0 Å². The number of aromatic nitrogens is 3. The van der Waals surface area contributed by atoms with E-state index in [2.05, 4.69) is 30.0 Å². The van der Waals surface area contributed by atoms with E-state index in [-0.39, 0.29) is 0 Å². The molecule has 0 bridgehead atoms. The fourth-order valence-corrected chi connectivity index (χ4v) is 3.83. The number of methoxy groups -OCH3 is 1. The zero-order valence-electron chi connectivity index (χ0n) is 16.1. The van der Waals surface area contributed by atoms with Gasteiger partial charge in [-0.05, 0) is 48.7 Å².